The molecule has 0 aliphatic heterocycles. The van der Waals surface area contributed by atoms with Crippen LogP contribution in [0.4, 0.5) is 5.13 Å². The summed E-state index contributed by atoms with van der Waals surface area (Å²) >= 11 is 3.22. The van der Waals surface area contributed by atoms with Gasteiger partial charge in [-0.1, -0.05) is 0 Å². The second kappa shape index (κ2) is 7.52. The Morgan fingerprint density at radius 2 is 2.47 bits per heavy atom. The fourth-order valence-corrected chi connectivity index (χ4v) is 2.47. The first-order valence-electron chi connectivity index (χ1n) is 5.31. The Bertz CT molecular complexity index is 357. The van der Waals surface area contributed by atoms with Gasteiger partial charge in [0.1, 0.15) is 6.04 Å². The van der Waals surface area contributed by atoms with Crippen molar-refractivity contribution in [1.82, 2.24) is 4.98 Å². The lowest BCUT2D eigenvalue weighted by molar-refractivity contribution is -0.138. The summed E-state index contributed by atoms with van der Waals surface area (Å²) in [5.74, 6) is 0.108. The highest BCUT2D eigenvalue weighted by molar-refractivity contribution is 7.98. The number of anilines is 1. The van der Waals surface area contributed by atoms with E-state index in [-0.39, 0.29) is 0 Å². The number of aromatic nitrogens is 1. The lowest BCUT2D eigenvalue weighted by Crippen LogP contribution is -2.20. The third kappa shape index (κ3) is 4.93. The molecule has 4 N–H and O–H groups in total. The Hall–Kier alpha value is -0.790. The maximum absolute atomic E-state index is 10.7. The number of carboxylic acid groups (broad SMARTS) is 1. The van der Waals surface area contributed by atoms with E-state index in [1.54, 1.807) is 5.38 Å². The van der Waals surface area contributed by atoms with Gasteiger partial charge in [-0.2, -0.15) is 11.8 Å². The standard InChI is InChI=1S/C10H17N3O2S2/c1-16-5-3-2-4-12-10-13-7(6-17-10)8(11)9(14)15/h6,8H,2-5,11H2,1H3,(H,12,13)(H,14,15). The van der Waals surface area contributed by atoms with Gasteiger partial charge in [0.25, 0.3) is 0 Å². The topological polar surface area (TPSA) is 88.2 Å². The van der Waals surface area contributed by atoms with Gasteiger partial charge in [-0.3, -0.25) is 4.79 Å². The van der Waals surface area contributed by atoms with Crippen LogP contribution in [0.2, 0.25) is 0 Å². The van der Waals surface area contributed by atoms with E-state index in [4.69, 9.17) is 10.8 Å². The van der Waals surface area contributed by atoms with Crippen LogP contribution in [0.3, 0.4) is 0 Å². The number of thiazole rings is 1. The zero-order valence-corrected chi connectivity index (χ0v) is 11.3. The number of nitrogens with zero attached hydrogens (tertiary/aromatic N) is 1. The van der Waals surface area contributed by atoms with E-state index in [2.05, 4.69) is 16.6 Å². The predicted octanol–water partition coefficient (Wildman–Crippen LogP) is 1.78. The molecule has 7 heteroatoms. The third-order valence-electron chi connectivity index (χ3n) is 2.16. The Kier molecular flexibility index (Phi) is 6.31. The largest absolute Gasteiger partial charge is 0.480 e. The van der Waals surface area contributed by atoms with Gasteiger partial charge < -0.3 is 16.2 Å². The van der Waals surface area contributed by atoms with Crippen LogP contribution in [0.15, 0.2) is 5.38 Å². The lowest BCUT2D eigenvalue weighted by Gasteiger charge is -2.02. The van der Waals surface area contributed by atoms with Crippen LogP contribution < -0.4 is 11.1 Å². The van der Waals surface area contributed by atoms with Crippen molar-refractivity contribution in [2.45, 2.75) is 18.9 Å². The maximum Gasteiger partial charge on any atom is 0.326 e. The number of carbonyl (C=O) groups is 1. The molecule has 1 atom stereocenters. The van der Waals surface area contributed by atoms with Crippen molar-refractivity contribution in [3.8, 4) is 0 Å². The van der Waals surface area contributed by atoms with E-state index in [0.29, 0.717) is 5.69 Å². The molecule has 0 fully saturated rings. The maximum atomic E-state index is 10.7. The molecular weight excluding hydrogens is 258 g/mol. The van der Waals surface area contributed by atoms with Crippen molar-refractivity contribution in [2.24, 2.45) is 5.73 Å². The van der Waals surface area contributed by atoms with E-state index in [1.807, 2.05) is 11.8 Å². The average molecular weight is 275 g/mol. The molecule has 0 saturated heterocycles. The number of aliphatic carboxylic acids is 1. The van der Waals surface area contributed by atoms with Crippen LogP contribution in [0.25, 0.3) is 0 Å². The summed E-state index contributed by atoms with van der Waals surface area (Å²) in [5.41, 5.74) is 5.87. The number of thioether (sulfide) groups is 1. The van der Waals surface area contributed by atoms with Gasteiger partial charge in [-0.25, -0.2) is 4.98 Å². The van der Waals surface area contributed by atoms with Crippen LogP contribution in [0.1, 0.15) is 24.6 Å². The minimum atomic E-state index is -1.05. The van der Waals surface area contributed by atoms with Gasteiger partial charge in [-0.15, -0.1) is 11.3 Å². The molecule has 1 aromatic heterocycles. The highest BCUT2D eigenvalue weighted by Gasteiger charge is 2.17. The number of nitrogens with one attached hydrogen (secondary N) is 1. The predicted molar refractivity (Wildman–Crippen MR) is 72.8 cm³/mol. The van der Waals surface area contributed by atoms with Crippen molar-refractivity contribution in [1.29, 1.82) is 0 Å². The number of hydrogen-bond acceptors (Lipinski definition) is 6. The summed E-state index contributed by atoms with van der Waals surface area (Å²) in [6.45, 7) is 0.857. The highest BCUT2D eigenvalue weighted by atomic mass is 32.2. The zero-order valence-electron chi connectivity index (χ0n) is 9.68. The molecule has 96 valence electrons. The van der Waals surface area contributed by atoms with Gasteiger partial charge in [0.05, 0.1) is 5.69 Å². The smallest absolute Gasteiger partial charge is 0.326 e. The van der Waals surface area contributed by atoms with E-state index < -0.39 is 12.0 Å². The molecule has 0 radical (unpaired) electrons. The number of hydrogen-bond donors (Lipinski definition) is 3. The van der Waals surface area contributed by atoms with Gasteiger partial charge >= 0.3 is 5.97 Å². The Labute approximate surface area is 109 Å². The summed E-state index contributed by atoms with van der Waals surface area (Å²) in [7, 11) is 0. The van der Waals surface area contributed by atoms with Crippen molar-refractivity contribution in [3.63, 3.8) is 0 Å². The third-order valence-corrected chi connectivity index (χ3v) is 3.67. The fourth-order valence-electron chi connectivity index (χ4n) is 1.20. The summed E-state index contributed by atoms with van der Waals surface area (Å²) in [4.78, 5) is 14.8. The SMILES string of the molecule is CSCCCCNc1nc(C(N)C(=O)O)cs1. The molecule has 0 saturated carbocycles. The summed E-state index contributed by atoms with van der Waals surface area (Å²) in [5, 5.41) is 14.3. The molecule has 0 spiro atoms. The van der Waals surface area contributed by atoms with Crippen molar-refractivity contribution in [2.75, 3.05) is 23.9 Å². The fraction of sp³-hybridized carbons (Fsp3) is 0.600. The van der Waals surface area contributed by atoms with Crippen LogP contribution in [-0.4, -0.2) is 34.6 Å². The first-order chi connectivity index (χ1) is 8.15. The first-order valence-corrected chi connectivity index (χ1v) is 7.59. The van der Waals surface area contributed by atoms with Crippen LogP contribution in [-0.2, 0) is 4.79 Å². The monoisotopic (exact) mass is 275 g/mol. The van der Waals surface area contributed by atoms with Crippen LogP contribution >= 0.6 is 23.1 Å². The Morgan fingerprint density at radius 1 is 1.71 bits per heavy atom. The molecular formula is C10H17N3O2S2. The molecule has 0 bridgehead atoms. The summed E-state index contributed by atoms with van der Waals surface area (Å²) < 4.78 is 0. The number of rotatable bonds is 8. The zero-order chi connectivity index (χ0) is 12.7. The van der Waals surface area contributed by atoms with Crippen LogP contribution in [0, 0.1) is 0 Å². The van der Waals surface area contributed by atoms with Gasteiger partial charge in [0.2, 0.25) is 0 Å². The summed E-state index contributed by atoms with van der Waals surface area (Å²) in [6, 6.07) is -1.03. The van der Waals surface area contributed by atoms with Crippen molar-refractivity contribution >= 4 is 34.2 Å². The van der Waals surface area contributed by atoms with Crippen LogP contribution in [0.5, 0.6) is 0 Å². The molecule has 0 aliphatic rings. The summed E-state index contributed by atoms with van der Waals surface area (Å²) in [6.07, 6.45) is 4.34. The van der Waals surface area contributed by atoms with Crippen molar-refractivity contribution in [3.05, 3.63) is 11.1 Å². The highest BCUT2D eigenvalue weighted by Crippen LogP contribution is 2.19. The minimum Gasteiger partial charge on any atom is -0.480 e. The molecule has 5 nitrogen and oxygen atoms in total. The van der Waals surface area contributed by atoms with Crippen molar-refractivity contribution < 1.29 is 9.90 Å². The minimum absolute atomic E-state index is 0.411. The lowest BCUT2D eigenvalue weighted by atomic mass is 10.2. The molecule has 17 heavy (non-hydrogen) atoms. The molecule has 1 unspecified atom stereocenters. The van der Waals surface area contributed by atoms with Gasteiger partial charge in [-0.05, 0) is 24.9 Å². The van der Waals surface area contributed by atoms with E-state index in [1.165, 1.54) is 17.8 Å². The first kappa shape index (κ1) is 14.3. The molecule has 0 amide bonds. The number of nitrogens with two attached hydrogens (primary N) is 1. The van der Waals surface area contributed by atoms with E-state index >= 15 is 0 Å². The van der Waals surface area contributed by atoms with Gasteiger partial charge in [0.15, 0.2) is 5.13 Å². The Balaban J connectivity index is 2.33. The van der Waals surface area contributed by atoms with E-state index in [9.17, 15) is 4.79 Å². The molecule has 0 aliphatic carbocycles. The second-order valence-electron chi connectivity index (χ2n) is 3.52. The number of carboxylic acids is 1. The Morgan fingerprint density at radius 3 is 3.12 bits per heavy atom. The molecule has 1 heterocycles. The normalized spacial score (nSPS) is 12.4. The second-order valence-corrected chi connectivity index (χ2v) is 5.36. The van der Waals surface area contributed by atoms with E-state index in [0.717, 1.165) is 23.8 Å². The number of unbranched alkanes of at least 4 members (excludes halogenated alkanes) is 1. The van der Waals surface area contributed by atoms with Gasteiger partial charge in [0, 0.05) is 11.9 Å². The molecule has 1 rings (SSSR count). The molecule has 1 aromatic rings. The quantitative estimate of drug-likeness (QED) is 0.627. The average Bonchev–Trinajstić information content (AvgIpc) is 2.76. The molecule has 0 aromatic carbocycles.